The number of anilines is 1. The number of alkyl halides is 3. The summed E-state index contributed by atoms with van der Waals surface area (Å²) in [5, 5.41) is 7.43. The second kappa shape index (κ2) is 8.74. The lowest BCUT2D eigenvalue weighted by Crippen LogP contribution is -2.17. The SMILES string of the molecule is CCS(=O)(=O)c1ccc(-c2cccc(NS(=O)(=O)c3ccc(OC(F)(F)F)cc3)c2)nn1. The molecule has 0 aliphatic heterocycles. The van der Waals surface area contributed by atoms with Crippen molar-refractivity contribution >= 4 is 25.5 Å². The van der Waals surface area contributed by atoms with Crippen LogP contribution < -0.4 is 9.46 Å². The third kappa shape index (κ3) is 5.73. The van der Waals surface area contributed by atoms with E-state index in [2.05, 4.69) is 19.7 Å². The fourth-order valence-electron chi connectivity index (χ4n) is 2.56. The maximum Gasteiger partial charge on any atom is 0.573 e. The summed E-state index contributed by atoms with van der Waals surface area (Å²) < 4.78 is 91.6. The Morgan fingerprint density at radius 3 is 2.19 bits per heavy atom. The van der Waals surface area contributed by atoms with E-state index >= 15 is 0 Å². The zero-order valence-electron chi connectivity index (χ0n) is 16.4. The van der Waals surface area contributed by atoms with Crippen LogP contribution in [0.15, 0.2) is 70.6 Å². The van der Waals surface area contributed by atoms with Crippen molar-refractivity contribution in [2.24, 2.45) is 0 Å². The lowest BCUT2D eigenvalue weighted by atomic mass is 10.1. The molecule has 0 unspecified atom stereocenters. The van der Waals surface area contributed by atoms with Crippen LogP contribution in [0.1, 0.15) is 6.92 Å². The summed E-state index contributed by atoms with van der Waals surface area (Å²) in [7, 11) is -7.61. The standard InChI is InChI=1S/C19H16F3N3O5S2/c1-2-31(26,27)18-11-10-17(23-24-18)13-4-3-5-14(12-13)25-32(28,29)16-8-6-15(7-9-16)30-19(20,21)22/h3-12,25H,2H2,1H3. The van der Waals surface area contributed by atoms with Gasteiger partial charge < -0.3 is 4.74 Å². The van der Waals surface area contributed by atoms with Gasteiger partial charge in [0.2, 0.25) is 0 Å². The third-order valence-electron chi connectivity index (χ3n) is 4.12. The van der Waals surface area contributed by atoms with Gasteiger partial charge in [0.05, 0.1) is 16.3 Å². The number of sulfonamides is 1. The first-order chi connectivity index (χ1) is 14.9. The highest BCUT2D eigenvalue weighted by atomic mass is 32.2. The highest BCUT2D eigenvalue weighted by molar-refractivity contribution is 7.92. The van der Waals surface area contributed by atoms with Gasteiger partial charge in [0.25, 0.3) is 10.0 Å². The van der Waals surface area contributed by atoms with Crippen LogP contribution in [0.4, 0.5) is 18.9 Å². The first-order valence-electron chi connectivity index (χ1n) is 8.95. The number of sulfone groups is 1. The van der Waals surface area contributed by atoms with Gasteiger partial charge in [-0.3, -0.25) is 4.72 Å². The van der Waals surface area contributed by atoms with Gasteiger partial charge in [-0.05, 0) is 48.5 Å². The molecule has 1 N–H and O–H groups in total. The Morgan fingerprint density at radius 1 is 0.938 bits per heavy atom. The summed E-state index contributed by atoms with van der Waals surface area (Å²) >= 11 is 0. The summed E-state index contributed by atoms with van der Waals surface area (Å²) in [5.74, 6) is -0.674. The van der Waals surface area contributed by atoms with Crippen LogP contribution in [-0.2, 0) is 19.9 Å². The molecule has 0 radical (unpaired) electrons. The smallest absolute Gasteiger partial charge is 0.406 e. The quantitative estimate of drug-likeness (QED) is 0.541. The summed E-state index contributed by atoms with van der Waals surface area (Å²) in [6, 6.07) is 12.6. The first-order valence-corrected chi connectivity index (χ1v) is 12.1. The second-order valence-corrected chi connectivity index (χ2v) is 10.3. The molecule has 0 fully saturated rings. The van der Waals surface area contributed by atoms with Crippen LogP contribution in [0.2, 0.25) is 0 Å². The fourth-order valence-corrected chi connectivity index (χ4v) is 4.35. The third-order valence-corrected chi connectivity index (χ3v) is 7.13. The van der Waals surface area contributed by atoms with Crippen molar-refractivity contribution in [2.45, 2.75) is 23.2 Å². The van der Waals surface area contributed by atoms with E-state index < -0.39 is 32.0 Å². The molecule has 0 bridgehead atoms. The summed E-state index contributed by atoms with van der Waals surface area (Å²) in [6.45, 7) is 1.48. The van der Waals surface area contributed by atoms with Crippen LogP contribution in [0.25, 0.3) is 11.3 Å². The van der Waals surface area contributed by atoms with Crippen molar-refractivity contribution in [3.8, 4) is 17.0 Å². The molecule has 1 aromatic heterocycles. The number of halogens is 3. The number of nitrogens with one attached hydrogen (secondary N) is 1. The minimum absolute atomic E-state index is 0.123. The molecule has 32 heavy (non-hydrogen) atoms. The van der Waals surface area contributed by atoms with Gasteiger partial charge in [-0.1, -0.05) is 19.1 Å². The molecule has 2 aromatic carbocycles. The minimum Gasteiger partial charge on any atom is -0.406 e. The van der Waals surface area contributed by atoms with Crippen molar-refractivity contribution in [2.75, 3.05) is 10.5 Å². The molecule has 0 amide bonds. The van der Waals surface area contributed by atoms with E-state index in [9.17, 15) is 30.0 Å². The zero-order valence-corrected chi connectivity index (χ0v) is 18.0. The van der Waals surface area contributed by atoms with Crippen LogP contribution in [0, 0.1) is 0 Å². The average molecular weight is 487 g/mol. The van der Waals surface area contributed by atoms with Crippen LogP contribution in [-0.4, -0.2) is 39.1 Å². The van der Waals surface area contributed by atoms with E-state index in [0.717, 1.165) is 24.3 Å². The molecule has 3 rings (SSSR count). The first kappa shape index (κ1) is 23.5. The predicted octanol–water partition coefficient (Wildman–Crippen LogP) is 3.64. The Balaban J connectivity index is 1.81. The van der Waals surface area contributed by atoms with Crippen LogP contribution >= 0.6 is 0 Å². The Hall–Kier alpha value is -3.19. The normalized spacial score (nSPS) is 12.4. The number of benzene rings is 2. The highest BCUT2D eigenvalue weighted by Gasteiger charge is 2.31. The van der Waals surface area contributed by atoms with Crippen LogP contribution in [0.3, 0.4) is 0 Å². The van der Waals surface area contributed by atoms with Gasteiger partial charge in [0.15, 0.2) is 14.9 Å². The minimum atomic E-state index is -4.89. The molecule has 0 atom stereocenters. The van der Waals surface area contributed by atoms with Crippen molar-refractivity contribution < 1.29 is 34.7 Å². The lowest BCUT2D eigenvalue weighted by Gasteiger charge is -2.11. The van der Waals surface area contributed by atoms with Gasteiger partial charge in [-0.2, -0.15) is 0 Å². The van der Waals surface area contributed by atoms with E-state index in [0.29, 0.717) is 11.3 Å². The number of hydrogen-bond acceptors (Lipinski definition) is 7. The Labute approximate surface area is 182 Å². The predicted molar refractivity (Wildman–Crippen MR) is 109 cm³/mol. The molecule has 8 nitrogen and oxygen atoms in total. The van der Waals surface area contributed by atoms with E-state index in [1.54, 1.807) is 12.1 Å². The van der Waals surface area contributed by atoms with Crippen LogP contribution in [0.5, 0.6) is 5.75 Å². The van der Waals surface area contributed by atoms with E-state index in [-0.39, 0.29) is 21.4 Å². The Bertz CT molecular complexity index is 1310. The average Bonchev–Trinajstić information content (AvgIpc) is 2.73. The molecule has 3 aromatic rings. The molecule has 0 saturated carbocycles. The van der Waals surface area contributed by atoms with E-state index in [1.165, 1.54) is 31.2 Å². The monoisotopic (exact) mass is 487 g/mol. The Kier molecular flexibility index (Phi) is 6.41. The molecule has 0 saturated heterocycles. The Morgan fingerprint density at radius 2 is 1.62 bits per heavy atom. The molecule has 1 heterocycles. The summed E-state index contributed by atoms with van der Waals surface area (Å²) in [5.41, 5.74) is 0.937. The maximum atomic E-state index is 12.6. The molecular weight excluding hydrogens is 471 g/mol. The molecular formula is C19H16F3N3O5S2. The zero-order chi connectivity index (χ0) is 23.6. The summed E-state index contributed by atoms with van der Waals surface area (Å²) in [6.07, 6.45) is -4.89. The molecule has 0 aliphatic rings. The number of rotatable bonds is 7. The number of nitrogens with zero attached hydrogens (tertiary/aromatic N) is 2. The van der Waals surface area contributed by atoms with Crippen molar-refractivity contribution in [3.63, 3.8) is 0 Å². The lowest BCUT2D eigenvalue weighted by molar-refractivity contribution is -0.274. The number of aromatic nitrogens is 2. The number of hydrogen-bond donors (Lipinski definition) is 1. The molecule has 0 spiro atoms. The summed E-state index contributed by atoms with van der Waals surface area (Å²) in [4.78, 5) is -0.272. The van der Waals surface area contributed by atoms with E-state index in [1.807, 2.05) is 0 Å². The molecule has 0 aliphatic carbocycles. The topological polar surface area (TPSA) is 115 Å². The van der Waals surface area contributed by atoms with Crippen molar-refractivity contribution in [3.05, 3.63) is 60.7 Å². The second-order valence-electron chi connectivity index (χ2n) is 6.37. The number of ether oxygens (including phenoxy) is 1. The van der Waals surface area contributed by atoms with Gasteiger partial charge in [-0.25, -0.2) is 16.8 Å². The highest BCUT2D eigenvalue weighted by Crippen LogP contribution is 2.26. The maximum absolute atomic E-state index is 12.6. The van der Waals surface area contributed by atoms with Gasteiger partial charge in [0.1, 0.15) is 5.75 Å². The van der Waals surface area contributed by atoms with Gasteiger partial charge in [0, 0.05) is 11.3 Å². The fraction of sp³-hybridized carbons (Fsp3) is 0.158. The van der Waals surface area contributed by atoms with Crippen molar-refractivity contribution in [1.82, 2.24) is 10.2 Å². The largest absolute Gasteiger partial charge is 0.573 e. The van der Waals surface area contributed by atoms with E-state index in [4.69, 9.17) is 0 Å². The van der Waals surface area contributed by atoms with Gasteiger partial charge >= 0.3 is 6.36 Å². The van der Waals surface area contributed by atoms with Gasteiger partial charge in [-0.15, -0.1) is 23.4 Å². The molecule has 13 heteroatoms. The molecule has 170 valence electrons. The van der Waals surface area contributed by atoms with Crippen molar-refractivity contribution in [1.29, 1.82) is 0 Å².